The van der Waals surface area contributed by atoms with Crippen molar-refractivity contribution in [2.24, 2.45) is 0 Å². The van der Waals surface area contributed by atoms with Gasteiger partial charge < -0.3 is 15.0 Å². The molecule has 1 amide bonds. The minimum Gasteiger partial charge on any atom is -0.448 e. The molecule has 1 atom stereocenters. The Hall–Kier alpha value is -2.89. The van der Waals surface area contributed by atoms with Crippen molar-refractivity contribution in [1.82, 2.24) is 4.98 Å². The molecule has 2 aromatic rings. The molecule has 25 heavy (non-hydrogen) atoms. The van der Waals surface area contributed by atoms with E-state index in [-0.39, 0.29) is 11.5 Å². The molecule has 1 heterocycles. The number of carbonyl (C=O) groups excluding carboxylic acids is 3. The first kappa shape index (κ1) is 18.4. The van der Waals surface area contributed by atoms with Crippen molar-refractivity contribution in [3.63, 3.8) is 0 Å². The zero-order valence-electron chi connectivity index (χ0n) is 14.8. The van der Waals surface area contributed by atoms with Crippen molar-refractivity contribution in [3.8, 4) is 0 Å². The molecule has 0 aliphatic heterocycles. The second-order valence-electron chi connectivity index (χ2n) is 5.84. The summed E-state index contributed by atoms with van der Waals surface area (Å²) in [7, 11) is 0. The van der Waals surface area contributed by atoms with Crippen LogP contribution >= 0.6 is 0 Å². The van der Waals surface area contributed by atoms with Crippen LogP contribution in [0.2, 0.25) is 0 Å². The Morgan fingerprint density at radius 2 is 1.80 bits per heavy atom. The molecular formula is C19H22N2O4. The second kappa shape index (κ2) is 7.79. The number of ether oxygens (including phenoxy) is 1. The first-order valence-electron chi connectivity index (χ1n) is 8.12. The van der Waals surface area contributed by atoms with Gasteiger partial charge in [-0.25, -0.2) is 4.79 Å². The maximum absolute atomic E-state index is 12.4. The standard InChI is InChI=1S/C19H22N2O4/c1-5-15(18(23)21-14-9-7-6-8-10-14)25-19(24)17-11(2)16(13(4)22)12(3)20-17/h6-10,15,20H,5H2,1-4H3,(H,21,23). The first-order chi connectivity index (χ1) is 11.8. The summed E-state index contributed by atoms with van der Waals surface area (Å²) in [6.45, 7) is 6.61. The van der Waals surface area contributed by atoms with Gasteiger partial charge in [0, 0.05) is 16.9 Å². The maximum Gasteiger partial charge on any atom is 0.355 e. The summed E-state index contributed by atoms with van der Waals surface area (Å²) in [5.41, 5.74) is 2.46. The fourth-order valence-electron chi connectivity index (χ4n) is 2.74. The molecule has 6 nitrogen and oxygen atoms in total. The van der Waals surface area contributed by atoms with Crippen molar-refractivity contribution >= 4 is 23.3 Å². The van der Waals surface area contributed by atoms with Crippen molar-refractivity contribution in [2.75, 3.05) is 5.32 Å². The van der Waals surface area contributed by atoms with Gasteiger partial charge in [0.2, 0.25) is 0 Å². The first-order valence-corrected chi connectivity index (χ1v) is 8.12. The van der Waals surface area contributed by atoms with Crippen LogP contribution in [0, 0.1) is 13.8 Å². The highest BCUT2D eigenvalue weighted by Gasteiger charge is 2.26. The molecule has 0 radical (unpaired) electrons. The molecule has 2 N–H and O–H groups in total. The van der Waals surface area contributed by atoms with Gasteiger partial charge in [-0.2, -0.15) is 0 Å². The number of H-pyrrole nitrogens is 1. The smallest absolute Gasteiger partial charge is 0.355 e. The van der Waals surface area contributed by atoms with Crippen molar-refractivity contribution in [2.45, 2.75) is 40.2 Å². The molecule has 0 saturated heterocycles. The predicted molar refractivity (Wildman–Crippen MR) is 94.8 cm³/mol. The molecular weight excluding hydrogens is 320 g/mol. The van der Waals surface area contributed by atoms with Gasteiger partial charge in [-0.3, -0.25) is 9.59 Å². The Balaban J connectivity index is 2.13. The van der Waals surface area contributed by atoms with E-state index in [1.54, 1.807) is 45.0 Å². The Labute approximate surface area is 146 Å². The SMILES string of the molecule is CCC(OC(=O)c1[nH]c(C)c(C(C)=O)c1C)C(=O)Nc1ccccc1. The van der Waals surface area contributed by atoms with Gasteiger partial charge in [-0.05, 0) is 44.9 Å². The highest BCUT2D eigenvalue weighted by atomic mass is 16.5. The average molecular weight is 342 g/mol. The van der Waals surface area contributed by atoms with Gasteiger partial charge in [-0.15, -0.1) is 0 Å². The predicted octanol–water partition coefficient (Wildman–Crippen LogP) is 3.41. The summed E-state index contributed by atoms with van der Waals surface area (Å²) in [6.07, 6.45) is -0.584. The number of anilines is 1. The Morgan fingerprint density at radius 1 is 1.16 bits per heavy atom. The van der Waals surface area contributed by atoms with Crippen LogP contribution in [-0.2, 0) is 9.53 Å². The van der Waals surface area contributed by atoms with E-state index in [9.17, 15) is 14.4 Å². The fourth-order valence-corrected chi connectivity index (χ4v) is 2.74. The second-order valence-corrected chi connectivity index (χ2v) is 5.84. The highest BCUT2D eigenvalue weighted by Crippen LogP contribution is 2.20. The normalized spacial score (nSPS) is 11.7. The van der Waals surface area contributed by atoms with Crippen LogP contribution in [0.15, 0.2) is 30.3 Å². The summed E-state index contributed by atoms with van der Waals surface area (Å²) < 4.78 is 5.36. The summed E-state index contributed by atoms with van der Waals surface area (Å²) in [5.74, 6) is -1.17. The van der Waals surface area contributed by atoms with Crippen LogP contribution in [0.3, 0.4) is 0 Å². The largest absolute Gasteiger partial charge is 0.448 e. The number of esters is 1. The van der Waals surface area contributed by atoms with Gasteiger partial charge in [-0.1, -0.05) is 25.1 Å². The molecule has 0 aliphatic carbocycles. The minimum atomic E-state index is -0.920. The summed E-state index contributed by atoms with van der Waals surface area (Å²) in [5, 5.41) is 2.72. The zero-order valence-corrected chi connectivity index (χ0v) is 14.8. The zero-order chi connectivity index (χ0) is 18.6. The lowest BCUT2D eigenvalue weighted by Gasteiger charge is -2.16. The number of aromatic nitrogens is 1. The van der Waals surface area contributed by atoms with E-state index >= 15 is 0 Å². The molecule has 1 aromatic carbocycles. The monoisotopic (exact) mass is 342 g/mol. The lowest BCUT2D eigenvalue weighted by atomic mass is 10.1. The number of hydrogen-bond donors (Lipinski definition) is 2. The molecule has 132 valence electrons. The molecule has 0 saturated carbocycles. The number of rotatable bonds is 6. The van der Waals surface area contributed by atoms with Crippen LogP contribution in [0.4, 0.5) is 5.69 Å². The van der Waals surface area contributed by atoms with Crippen molar-refractivity contribution in [1.29, 1.82) is 0 Å². The third kappa shape index (κ3) is 4.15. The van der Waals surface area contributed by atoms with Crippen LogP contribution in [0.5, 0.6) is 0 Å². The lowest BCUT2D eigenvalue weighted by molar-refractivity contribution is -0.124. The van der Waals surface area contributed by atoms with E-state index < -0.39 is 18.0 Å². The Bertz CT molecular complexity index is 793. The molecule has 1 aromatic heterocycles. The lowest BCUT2D eigenvalue weighted by Crippen LogP contribution is -2.32. The van der Waals surface area contributed by atoms with Gasteiger partial charge in [0.15, 0.2) is 11.9 Å². The van der Waals surface area contributed by atoms with Crippen molar-refractivity contribution in [3.05, 3.63) is 52.8 Å². The number of amides is 1. The number of carbonyl (C=O) groups is 3. The number of hydrogen-bond acceptors (Lipinski definition) is 4. The molecule has 1 unspecified atom stereocenters. The van der Waals surface area contributed by atoms with Gasteiger partial charge in [0.25, 0.3) is 5.91 Å². The van der Waals surface area contributed by atoms with Crippen molar-refractivity contribution < 1.29 is 19.1 Å². The highest BCUT2D eigenvalue weighted by molar-refractivity contribution is 6.02. The van der Waals surface area contributed by atoms with Crippen LogP contribution in [0.1, 0.15) is 52.4 Å². The minimum absolute atomic E-state index is 0.126. The van der Waals surface area contributed by atoms with E-state index in [0.717, 1.165) is 0 Å². The maximum atomic E-state index is 12.4. The summed E-state index contributed by atoms with van der Waals surface area (Å²) in [4.78, 5) is 39.3. The molecule has 0 fully saturated rings. The van der Waals surface area contributed by atoms with E-state index in [0.29, 0.717) is 28.9 Å². The van der Waals surface area contributed by atoms with E-state index in [1.807, 2.05) is 6.07 Å². The van der Waals surface area contributed by atoms with Crippen LogP contribution < -0.4 is 5.32 Å². The number of ketones is 1. The van der Waals surface area contributed by atoms with E-state index in [1.165, 1.54) is 6.92 Å². The molecule has 0 bridgehead atoms. The average Bonchev–Trinajstić information content (AvgIpc) is 2.87. The number of nitrogens with one attached hydrogen (secondary N) is 2. The fraction of sp³-hybridized carbons (Fsp3) is 0.316. The number of benzene rings is 1. The van der Waals surface area contributed by atoms with Crippen LogP contribution in [-0.4, -0.2) is 28.7 Å². The number of para-hydroxylation sites is 1. The molecule has 6 heteroatoms. The van der Waals surface area contributed by atoms with Gasteiger partial charge in [0.1, 0.15) is 5.69 Å². The van der Waals surface area contributed by atoms with Gasteiger partial charge in [0.05, 0.1) is 0 Å². The van der Waals surface area contributed by atoms with E-state index in [4.69, 9.17) is 4.74 Å². The molecule has 0 aliphatic rings. The third-order valence-electron chi connectivity index (χ3n) is 3.95. The molecule has 2 rings (SSSR count). The van der Waals surface area contributed by atoms with Crippen LogP contribution in [0.25, 0.3) is 0 Å². The summed E-state index contributed by atoms with van der Waals surface area (Å²) >= 11 is 0. The number of aromatic amines is 1. The summed E-state index contributed by atoms with van der Waals surface area (Å²) in [6, 6.07) is 8.96. The van der Waals surface area contributed by atoms with Gasteiger partial charge >= 0.3 is 5.97 Å². The Kier molecular flexibility index (Phi) is 5.75. The number of Topliss-reactive ketones (excluding diaryl/α,β-unsaturated/α-hetero) is 1. The topological polar surface area (TPSA) is 88.3 Å². The molecule has 0 spiro atoms. The quantitative estimate of drug-likeness (QED) is 0.622. The van der Waals surface area contributed by atoms with E-state index in [2.05, 4.69) is 10.3 Å². The Morgan fingerprint density at radius 3 is 2.32 bits per heavy atom. The third-order valence-corrected chi connectivity index (χ3v) is 3.95. The number of aryl methyl sites for hydroxylation is 1.